The molecule has 2 aromatic carbocycles. The average Bonchev–Trinajstić information content (AvgIpc) is 2.34. The van der Waals surface area contributed by atoms with Crippen LogP contribution in [-0.2, 0) is 0 Å². The molecule has 0 aliphatic rings. The minimum Gasteiger partial charge on any atom is -0.492 e. The van der Waals surface area contributed by atoms with Gasteiger partial charge in [0.1, 0.15) is 17.2 Å². The highest BCUT2D eigenvalue weighted by Crippen LogP contribution is 2.29. The Bertz CT molecular complexity index is 483. The molecule has 0 atom stereocenters. The van der Waals surface area contributed by atoms with Gasteiger partial charge < -0.3 is 15.2 Å². The lowest BCUT2D eigenvalue weighted by Crippen LogP contribution is -1.97. The van der Waals surface area contributed by atoms with E-state index in [0.29, 0.717) is 23.8 Å². The molecule has 2 aromatic rings. The maximum Gasteiger partial charge on any atom is 0.142 e. The SMILES string of the molecule is CCOc1ccc(Oc2ccccc2)cc1N. The smallest absolute Gasteiger partial charge is 0.142 e. The van der Waals surface area contributed by atoms with E-state index in [1.165, 1.54) is 0 Å². The second-order valence-electron chi connectivity index (χ2n) is 3.55. The summed E-state index contributed by atoms with van der Waals surface area (Å²) in [6, 6.07) is 15.0. The van der Waals surface area contributed by atoms with Crippen molar-refractivity contribution >= 4 is 5.69 Å². The van der Waals surface area contributed by atoms with Gasteiger partial charge in [0, 0.05) is 6.07 Å². The number of para-hydroxylation sites is 1. The second kappa shape index (κ2) is 5.25. The lowest BCUT2D eigenvalue weighted by Gasteiger charge is -2.09. The molecule has 2 rings (SSSR count). The zero-order chi connectivity index (χ0) is 12.1. The molecule has 88 valence electrons. The van der Waals surface area contributed by atoms with E-state index < -0.39 is 0 Å². The topological polar surface area (TPSA) is 44.5 Å². The van der Waals surface area contributed by atoms with E-state index in [4.69, 9.17) is 15.2 Å². The third kappa shape index (κ3) is 2.91. The molecule has 0 unspecified atom stereocenters. The van der Waals surface area contributed by atoms with E-state index in [2.05, 4.69) is 0 Å². The zero-order valence-corrected chi connectivity index (χ0v) is 9.72. The molecule has 3 heteroatoms. The Morgan fingerprint density at radius 1 is 1.00 bits per heavy atom. The van der Waals surface area contributed by atoms with Gasteiger partial charge >= 0.3 is 0 Å². The normalized spacial score (nSPS) is 9.94. The van der Waals surface area contributed by atoms with Gasteiger partial charge in [-0.3, -0.25) is 0 Å². The molecule has 0 aromatic heterocycles. The van der Waals surface area contributed by atoms with Crippen LogP contribution < -0.4 is 15.2 Å². The number of rotatable bonds is 4. The Morgan fingerprint density at radius 2 is 1.76 bits per heavy atom. The number of hydrogen-bond donors (Lipinski definition) is 1. The molecule has 17 heavy (non-hydrogen) atoms. The van der Waals surface area contributed by atoms with Crippen LogP contribution in [0.3, 0.4) is 0 Å². The molecule has 0 fully saturated rings. The summed E-state index contributed by atoms with van der Waals surface area (Å²) < 4.78 is 11.0. The molecule has 0 heterocycles. The fourth-order valence-electron chi connectivity index (χ4n) is 1.50. The van der Waals surface area contributed by atoms with Gasteiger partial charge in [0.15, 0.2) is 0 Å². The fraction of sp³-hybridized carbons (Fsp3) is 0.143. The molecule has 0 saturated heterocycles. The number of anilines is 1. The van der Waals surface area contributed by atoms with Crippen molar-refractivity contribution in [2.24, 2.45) is 0 Å². The quantitative estimate of drug-likeness (QED) is 0.816. The molecule has 0 radical (unpaired) electrons. The maximum atomic E-state index is 5.86. The van der Waals surface area contributed by atoms with Gasteiger partial charge in [-0.15, -0.1) is 0 Å². The van der Waals surface area contributed by atoms with Crippen molar-refractivity contribution < 1.29 is 9.47 Å². The first-order chi connectivity index (χ1) is 8.29. The number of nitrogen functional groups attached to an aromatic ring is 1. The lowest BCUT2D eigenvalue weighted by atomic mass is 10.3. The van der Waals surface area contributed by atoms with Crippen LogP contribution in [0.5, 0.6) is 17.2 Å². The molecular formula is C14H15NO2. The summed E-state index contributed by atoms with van der Waals surface area (Å²) in [5.74, 6) is 2.18. The number of nitrogens with two attached hydrogens (primary N) is 1. The fourth-order valence-corrected chi connectivity index (χ4v) is 1.50. The van der Waals surface area contributed by atoms with Gasteiger partial charge in [-0.2, -0.15) is 0 Å². The van der Waals surface area contributed by atoms with E-state index in [9.17, 15) is 0 Å². The average molecular weight is 229 g/mol. The largest absolute Gasteiger partial charge is 0.492 e. The van der Waals surface area contributed by atoms with Gasteiger partial charge in [-0.1, -0.05) is 18.2 Å². The summed E-state index contributed by atoms with van der Waals surface area (Å²) in [6.07, 6.45) is 0. The van der Waals surface area contributed by atoms with E-state index in [0.717, 1.165) is 5.75 Å². The summed E-state index contributed by atoms with van der Waals surface area (Å²) in [6.45, 7) is 2.52. The van der Waals surface area contributed by atoms with Crippen LogP contribution in [0, 0.1) is 0 Å². The Labute approximate surface area is 101 Å². The van der Waals surface area contributed by atoms with Crippen LogP contribution in [-0.4, -0.2) is 6.61 Å². The molecule has 3 nitrogen and oxygen atoms in total. The first-order valence-electron chi connectivity index (χ1n) is 5.55. The molecule has 0 amide bonds. The molecule has 0 bridgehead atoms. The van der Waals surface area contributed by atoms with Crippen LogP contribution in [0.2, 0.25) is 0 Å². The molecule has 2 N–H and O–H groups in total. The van der Waals surface area contributed by atoms with Gasteiger partial charge in [-0.25, -0.2) is 0 Å². The van der Waals surface area contributed by atoms with Crippen LogP contribution in [0.4, 0.5) is 5.69 Å². The molecule has 0 aliphatic carbocycles. The van der Waals surface area contributed by atoms with Gasteiger partial charge in [0.2, 0.25) is 0 Å². The van der Waals surface area contributed by atoms with Gasteiger partial charge in [0.25, 0.3) is 0 Å². The van der Waals surface area contributed by atoms with E-state index in [1.807, 2.05) is 49.4 Å². The Kier molecular flexibility index (Phi) is 3.50. The van der Waals surface area contributed by atoms with Gasteiger partial charge in [0.05, 0.1) is 12.3 Å². The molecule has 0 aliphatic heterocycles. The summed E-state index contributed by atoms with van der Waals surface area (Å²) in [5, 5.41) is 0. The second-order valence-corrected chi connectivity index (χ2v) is 3.55. The molecular weight excluding hydrogens is 214 g/mol. The highest BCUT2D eigenvalue weighted by atomic mass is 16.5. The van der Waals surface area contributed by atoms with Crippen molar-refractivity contribution in [2.75, 3.05) is 12.3 Å². The van der Waals surface area contributed by atoms with Crippen LogP contribution in [0.15, 0.2) is 48.5 Å². The Morgan fingerprint density at radius 3 is 2.41 bits per heavy atom. The van der Waals surface area contributed by atoms with E-state index >= 15 is 0 Å². The minimum absolute atomic E-state index is 0.584. The summed E-state index contributed by atoms with van der Waals surface area (Å²) in [7, 11) is 0. The Balaban J connectivity index is 2.15. The summed E-state index contributed by atoms with van der Waals surface area (Å²) >= 11 is 0. The third-order valence-corrected chi connectivity index (χ3v) is 2.26. The molecule has 0 spiro atoms. The standard InChI is InChI=1S/C14H15NO2/c1-2-16-14-9-8-12(10-13(14)15)17-11-6-4-3-5-7-11/h3-10H,2,15H2,1H3. The Hall–Kier alpha value is -2.16. The van der Waals surface area contributed by atoms with Crippen LogP contribution in [0.25, 0.3) is 0 Å². The first kappa shape index (κ1) is 11.3. The highest BCUT2D eigenvalue weighted by Gasteiger charge is 2.02. The predicted molar refractivity (Wildman–Crippen MR) is 68.5 cm³/mol. The predicted octanol–water partition coefficient (Wildman–Crippen LogP) is 3.46. The van der Waals surface area contributed by atoms with Crippen LogP contribution >= 0.6 is 0 Å². The van der Waals surface area contributed by atoms with Crippen molar-refractivity contribution in [1.29, 1.82) is 0 Å². The lowest BCUT2D eigenvalue weighted by molar-refractivity contribution is 0.341. The van der Waals surface area contributed by atoms with Crippen LogP contribution in [0.1, 0.15) is 6.92 Å². The van der Waals surface area contributed by atoms with Crippen molar-refractivity contribution in [2.45, 2.75) is 6.92 Å². The zero-order valence-electron chi connectivity index (χ0n) is 9.72. The highest BCUT2D eigenvalue weighted by molar-refractivity contribution is 5.56. The van der Waals surface area contributed by atoms with Crippen molar-refractivity contribution in [3.63, 3.8) is 0 Å². The van der Waals surface area contributed by atoms with E-state index in [1.54, 1.807) is 6.07 Å². The number of ether oxygens (including phenoxy) is 2. The minimum atomic E-state index is 0.584. The van der Waals surface area contributed by atoms with E-state index in [-0.39, 0.29) is 0 Å². The summed E-state index contributed by atoms with van der Waals surface area (Å²) in [5.41, 5.74) is 6.44. The number of benzene rings is 2. The van der Waals surface area contributed by atoms with Crippen molar-refractivity contribution in [1.82, 2.24) is 0 Å². The summed E-state index contributed by atoms with van der Waals surface area (Å²) in [4.78, 5) is 0. The first-order valence-corrected chi connectivity index (χ1v) is 5.55. The molecule has 0 saturated carbocycles. The maximum absolute atomic E-state index is 5.86. The van der Waals surface area contributed by atoms with Gasteiger partial charge in [-0.05, 0) is 31.2 Å². The monoisotopic (exact) mass is 229 g/mol. The third-order valence-electron chi connectivity index (χ3n) is 2.26. The van der Waals surface area contributed by atoms with Crippen molar-refractivity contribution in [3.8, 4) is 17.2 Å². The number of hydrogen-bond acceptors (Lipinski definition) is 3. The van der Waals surface area contributed by atoms with Crippen molar-refractivity contribution in [3.05, 3.63) is 48.5 Å².